The van der Waals surface area contributed by atoms with E-state index >= 15 is 0 Å². The van der Waals surface area contributed by atoms with Crippen LogP contribution in [0.15, 0.2) is 30.6 Å². The first-order valence-corrected chi connectivity index (χ1v) is 7.36. The van der Waals surface area contributed by atoms with Crippen molar-refractivity contribution in [1.29, 1.82) is 0 Å². The first-order valence-electron chi connectivity index (χ1n) is 7.36. The Labute approximate surface area is 130 Å². The van der Waals surface area contributed by atoms with E-state index in [1.54, 1.807) is 18.5 Å². The summed E-state index contributed by atoms with van der Waals surface area (Å²) in [5, 5.41) is 2.72. The van der Waals surface area contributed by atoms with Crippen molar-refractivity contribution in [3.8, 4) is 0 Å². The third-order valence-electron chi connectivity index (χ3n) is 3.71. The minimum absolute atomic E-state index is 0.212. The molecule has 1 aliphatic rings. The normalized spacial score (nSPS) is 17.7. The van der Waals surface area contributed by atoms with Crippen LogP contribution in [-0.4, -0.2) is 43.1 Å². The molecule has 0 aromatic carbocycles. The fourth-order valence-electron chi connectivity index (χ4n) is 2.50. The SMILES string of the molecule is COC(=O)/C=C/CNC(=O)c1cncc(N2CCCC2C)c1. The van der Waals surface area contributed by atoms with Gasteiger partial charge in [-0.25, -0.2) is 4.79 Å². The molecule has 1 N–H and O–H groups in total. The Kier molecular flexibility index (Phi) is 5.52. The zero-order valence-corrected chi connectivity index (χ0v) is 12.9. The third kappa shape index (κ3) is 4.07. The van der Waals surface area contributed by atoms with Gasteiger partial charge in [-0.2, -0.15) is 0 Å². The highest BCUT2D eigenvalue weighted by Gasteiger charge is 2.21. The van der Waals surface area contributed by atoms with E-state index in [4.69, 9.17) is 0 Å². The van der Waals surface area contributed by atoms with Crippen LogP contribution in [0.1, 0.15) is 30.1 Å². The van der Waals surface area contributed by atoms with Gasteiger partial charge in [-0.1, -0.05) is 6.08 Å². The number of esters is 1. The van der Waals surface area contributed by atoms with Gasteiger partial charge in [0.1, 0.15) is 0 Å². The zero-order valence-electron chi connectivity index (χ0n) is 12.9. The van der Waals surface area contributed by atoms with Crippen LogP contribution in [0, 0.1) is 0 Å². The summed E-state index contributed by atoms with van der Waals surface area (Å²) in [5.41, 5.74) is 1.49. The number of nitrogens with zero attached hydrogens (tertiary/aromatic N) is 2. The van der Waals surface area contributed by atoms with Crippen LogP contribution in [0.2, 0.25) is 0 Å². The summed E-state index contributed by atoms with van der Waals surface area (Å²) in [6, 6.07) is 2.33. The van der Waals surface area contributed by atoms with E-state index in [-0.39, 0.29) is 12.5 Å². The average molecular weight is 303 g/mol. The van der Waals surface area contributed by atoms with E-state index in [1.807, 2.05) is 6.07 Å². The molecule has 2 heterocycles. The molecule has 22 heavy (non-hydrogen) atoms. The van der Waals surface area contributed by atoms with Crippen molar-refractivity contribution in [3.05, 3.63) is 36.2 Å². The molecule has 0 spiro atoms. The minimum Gasteiger partial charge on any atom is -0.466 e. The van der Waals surface area contributed by atoms with E-state index < -0.39 is 5.97 Å². The number of ether oxygens (including phenoxy) is 1. The molecule has 0 aliphatic carbocycles. The summed E-state index contributed by atoms with van der Waals surface area (Å²) in [6.07, 6.45) is 8.48. The van der Waals surface area contributed by atoms with Gasteiger partial charge in [-0.15, -0.1) is 0 Å². The summed E-state index contributed by atoms with van der Waals surface area (Å²) in [7, 11) is 1.31. The Morgan fingerprint density at radius 2 is 2.32 bits per heavy atom. The lowest BCUT2D eigenvalue weighted by atomic mass is 10.2. The number of carbonyl (C=O) groups is 2. The van der Waals surface area contributed by atoms with Crippen molar-refractivity contribution in [2.75, 3.05) is 25.1 Å². The van der Waals surface area contributed by atoms with Gasteiger partial charge in [0.2, 0.25) is 0 Å². The largest absolute Gasteiger partial charge is 0.466 e. The number of methoxy groups -OCH3 is 1. The number of aromatic nitrogens is 1. The lowest BCUT2D eigenvalue weighted by Crippen LogP contribution is -2.28. The van der Waals surface area contributed by atoms with Crippen molar-refractivity contribution in [3.63, 3.8) is 0 Å². The number of pyridine rings is 1. The van der Waals surface area contributed by atoms with Crippen LogP contribution in [0.4, 0.5) is 5.69 Å². The van der Waals surface area contributed by atoms with Crippen LogP contribution in [-0.2, 0) is 9.53 Å². The molecule has 1 aromatic heterocycles. The molecule has 1 saturated heterocycles. The Bertz CT molecular complexity index is 572. The second-order valence-corrected chi connectivity index (χ2v) is 5.25. The molecular formula is C16H21N3O3. The maximum absolute atomic E-state index is 12.1. The number of rotatable bonds is 5. The van der Waals surface area contributed by atoms with E-state index in [0.29, 0.717) is 11.6 Å². The molecule has 0 saturated carbocycles. The number of nitrogens with one attached hydrogen (secondary N) is 1. The molecule has 6 nitrogen and oxygen atoms in total. The summed E-state index contributed by atoms with van der Waals surface area (Å²) >= 11 is 0. The van der Waals surface area contributed by atoms with Crippen LogP contribution >= 0.6 is 0 Å². The number of amides is 1. The number of hydrogen-bond donors (Lipinski definition) is 1. The highest BCUT2D eigenvalue weighted by atomic mass is 16.5. The summed E-state index contributed by atoms with van der Waals surface area (Å²) in [6.45, 7) is 3.44. The Balaban J connectivity index is 1.95. The standard InChI is InChI=1S/C16H21N3O3/c1-12-5-4-8-19(12)14-9-13(10-17-11-14)16(21)18-7-3-6-15(20)22-2/h3,6,9-12H,4-5,7-8H2,1-2H3,(H,18,21)/b6-3+. The second-order valence-electron chi connectivity index (χ2n) is 5.25. The predicted molar refractivity (Wildman–Crippen MR) is 83.8 cm³/mol. The van der Waals surface area contributed by atoms with Gasteiger partial charge in [0.05, 0.1) is 24.6 Å². The minimum atomic E-state index is -0.444. The molecular weight excluding hydrogens is 282 g/mol. The lowest BCUT2D eigenvalue weighted by molar-refractivity contribution is -0.134. The molecule has 1 aromatic rings. The first kappa shape index (κ1) is 16.0. The van der Waals surface area contributed by atoms with Crippen LogP contribution in [0.5, 0.6) is 0 Å². The Morgan fingerprint density at radius 1 is 1.50 bits per heavy atom. The monoisotopic (exact) mass is 303 g/mol. The van der Waals surface area contributed by atoms with Crippen molar-refractivity contribution in [2.24, 2.45) is 0 Å². The molecule has 0 radical (unpaired) electrons. The molecule has 1 amide bonds. The molecule has 0 bridgehead atoms. The first-order chi connectivity index (χ1) is 10.6. The van der Waals surface area contributed by atoms with Crippen LogP contribution < -0.4 is 10.2 Å². The van der Waals surface area contributed by atoms with Gasteiger partial charge >= 0.3 is 5.97 Å². The Morgan fingerprint density at radius 3 is 3.00 bits per heavy atom. The van der Waals surface area contributed by atoms with E-state index in [0.717, 1.165) is 25.1 Å². The third-order valence-corrected chi connectivity index (χ3v) is 3.71. The molecule has 118 valence electrons. The summed E-state index contributed by atoms with van der Waals surface area (Å²) in [5.74, 6) is -0.656. The predicted octanol–water partition coefficient (Wildman–Crippen LogP) is 1.53. The molecule has 1 unspecified atom stereocenters. The van der Waals surface area contributed by atoms with Gasteiger partial charge in [0.25, 0.3) is 5.91 Å². The van der Waals surface area contributed by atoms with Crippen molar-refractivity contribution in [2.45, 2.75) is 25.8 Å². The lowest BCUT2D eigenvalue weighted by Gasteiger charge is -2.23. The quantitative estimate of drug-likeness (QED) is 0.660. The second kappa shape index (κ2) is 7.59. The van der Waals surface area contributed by atoms with Crippen molar-refractivity contribution >= 4 is 17.6 Å². The molecule has 2 rings (SSSR count). The van der Waals surface area contributed by atoms with Gasteiger partial charge in [-0.05, 0) is 25.8 Å². The Hall–Kier alpha value is -2.37. The van der Waals surface area contributed by atoms with E-state index in [9.17, 15) is 9.59 Å². The van der Waals surface area contributed by atoms with Crippen molar-refractivity contribution in [1.82, 2.24) is 10.3 Å². The van der Waals surface area contributed by atoms with Gasteiger partial charge in [0, 0.05) is 31.4 Å². The molecule has 1 fully saturated rings. The zero-order chi connectivity index (χ0) is 15.9. The summed E-state index contributed by atoms with van der Waals surface area (Å²) < 4.78 is 4.47. The maximum atomic E-state index is 12.1. The molecule has 6 heteroatoms. The van der Waals surface area contributed by atoms with Crippen LogP contribution in [0.25, 0.3) is 0 Å². The fraction of sp³-hybridized carbons (Fsp3) is 0.438. The van der Waals surface area contributed by atoms with Gasteiger partial charge < -0.3 is 15.0 Å². The fourth-order valence-corrected chi connectivity index (χ4v) is 2.50. The number of anilines is 1. The highest BCUT2D eigenvalue weighted by molar-refractivity contribution is 5.95. The highest BCUT2D eigenvalue weighted by Crippen LogP contribution is 2.24. The average Bonchev–Trinajstić information content (AvgIpc) is 2.97. The van der Waals surface area contributed by atoms with Gasteiger partial charge in [0.15, 0.2) is 0 Å². The van der Waals surface area contributed by atoms with Gasteiger partial charge in [-0.3, -0.25) is 9.78 Å². The summed E-state index contributed by atoms with van der Waals surface area (Å²) in [4.78, 5) is 29.4. The molecule has 1 aliphatic heterocycles. The van der Waals surface area contributed by atoms with Crippen molar-refractivity contribution < 1.29 is 14.3 Å². The van der Waals surface area contributed by atoms with Crippen LogP contribution in [0.3, 0.4) is 0 Å². The number of carbonyl (C=O) groups excluding carboxylic acids is 2. The topological polar surface area (TPSA) is 71.5 Å². The molecule has 1 atom stereocenters. The smallest absolute Gasteiger partial charge is 0.330 e. The number of hydrogen-bond acceptors (Lipinski definition) is 5. The van der Waals surface area contributed by atoms with E-state index in [2.05, 4.69) is 26.9 Å². The maximum Gasteiger partial charge on any atom is 0.330 e. The van der Waals surface area contributed by atoms with E-state index in [1.165, 1.54) is 13.2 Å².